The van der Waals surface area contributed by atoms with E-state index in [-0.39, 0.29) is 24.5 Å². The van der Waals surface area contributed by atoms with Crippen LogP contribution in [-0.2, 0) is 20.8 Å². The SMILES string of the molecule is Cc1ccccc1N(N)C(=O)N(N)c1ccc(CC(=O)C(C)(C)Nc2cccc(OC[C@@H](C)CC(=O)ON)c2)cc1. The number of rotatable bonds is 12. The van der Waals surface area contributed by atoms with Crippen LogP contribution in [0.1, 0.15) is 38.3 Å². The molecule has 7 N–H and O–H groups in total. The number of ether oxygens (including phenoxy) is 1. The van der Waals surface area contributed by atoms with Crippen molar-refractivity contribution in [3.05, 3.63) is 83.9 Å². The maximum Gasteiger partial charge on any atom is 0.357 e. The van der Waals surface area contributed by atoms with E-state index in [9.17, 15) is 14.4 Å². The number of hydrazine groups is 2. The Kier molecular flexibility index (Phi) is 10.4. The average Bonchev–Trinajstić information content (AvgIpc) is 2.95. The number of aryl methyl sites for hydroxylation is 1. The van der Waals surface area contributed by atoms with Gasteiger partial charge in [0.15, 0.2) is 5.78 Å². The van der Waals surface area contributed by atoms with Gasteiger partial charge in [0.2, 0.25) is 0 Å². The molecule has 0 unspecified atom stereocenters. The number of para-hydroxylation sites is 1. The number of amides is 2. The molecule has 0 aliphatic rings. The number of carbonyl (C=O) groups is 3. The van der Waals surface area contributed by atoms with Gasteiger partial charge in [0, 0.05) is 24.1 Å². The molecular weight excluding hydrogens is 524 g/mol. The minimum atomic E-state index is -0.890. The number of carbonyl (C=O) groups excluding carboxylic acids is 3. The summed E-state index contributed by atoms with van der Waals surface area (Å²) < 4.78 is 5.79. The molecule has 3 rings (SSSR count). The number of ketones is 1. The largest absolute Gasteiger partial charge is 0.493 e. The number of hydrogen-bond donors (Lipinski definition) is 4. The number of hydrogen-bond acceptors (Lipinski definition) is 9. The first-order chi connectivity index (χ1) is 19.4. The van der Waals surface area contributed by atoms with Crippen LogP contribution < -0.4 is 37.7 Å². The molecule has 0 aromatic heterocycles. The predicted octanol–water partition coefficient (Wildman–Crippen LogP) is 4.00. The minimum absolute atomic E-state index is 0.0427. The van der Waals surface area contributed by atoms with Gasteiger partial charge in [-0.2, -0.15) is 5.90 Å². The first-order valence-electron chi connectivity index (χ1n) is 13.1. The van der Waals surface area contributed by atoms with Crippen molar-refractivity contribution in [2.24, 2.45) is 23.5 Å². The van der Waals surface area contributed by atoms with E-state index >= 15 is 0 Å². The number of anilines is 3. The van der Waals surface area contributed by atoms with E-state index in [0.717, 1.165) is 21.1 Å². The zero-order valence-electron chi connectivity index (χ0n) is 23.8. The van der Waals surface area contributed by atoms with Crippen molar-refractivity contribution < 1.29 is 24.0 Å². The standard InChI is InChI=1S/C30H38N6O5/c1-20(16-28(38)41-33)19-40-25-10-7-9-23(18-25)34-30(3,4)27(37)17-22-12-14-24(15-13-22)35(31)29(39)36(32)26-11-6-5-8-21(26)2/h5-15,18,20,34H,16-17,19,31-33H2,1-4H3/t20-/m0/s1. The Bertz CT molecular complexity index is 1360. The first kappa shape index (κ1) is 31.1. The fraction of sp³-hybridized carbons (Fsp3) is 0.300. The second-order valence-corrected chi connectivity index (χ2v) is 10.5. The summed E-state index contributed by atoms with van der Waals surface area (Å²) in [7, 11) is 0. The van der Waals surface area contributed by atoms with Gasteiger partial charge in [0.1, 0.15) is 5.75 Å². The van der Waals surface area contributed by atoms with E-state index < -0.39 is 17.5 Å². The molecule has 0 bridgehead atoms. The van der Waals surface area contributed by atoms with Gasteiger partial charge in [-0.3, -0.25) is 9.59 Å². The molecule has 1 atom stereocenters. The molecule has 2 amide bonds. The van der Waals surface area contributed by atoms with Crippen molar-refractivity contribution in [1.29, 1.82) is 0 Å². The van der Waals surface area contributed by atoms with Crippen molar-refractivity contribution in [2.75, 3.05) is 21.9 Å². The maximum atomic E-state index is 13.2. The topological polar surface area (TPSA) is 166 Å². The highest BCUT2D eigenvalue weighted by atomic mass is 16.7. The van der Waals surface area contributed by atoms with Crippen LogP contribution in [0.2, 0.25) is 0 Å². The third-order valence-electron chi connectivity index (χ3n) is 6.54. The number of benzene rings is 3. The lowest BCUT2D eigenvalue weighted by Crippen LogP contribution is -2.51. The van der Waals surface area contributed by atoms with Crippen LogP contribution in [-0.4, -0.2) is 29.9 Å². The third-order valence-corrected chi connectivity index (χ3v) is 6.54. The Morgan fingerprint density at radius 1 is 0.951 bits per heavy atom. The fourth-order valence-electron chi connectivity index (χ4n) is 4.07. The van der Waals surface area contributed by atoms with E-state index in [0.29, 0.717) is 29.4 Å². The van der Waals surface area contributed by atoms with Gasteiger partial charge in [0.25, 0.3) is 0 Å². The van der Waals surface area contributed by atoms with E-state index in [1.807, 2.05) is 38.1 Å². The molecule has 3 aromatic rings. The van der Waals surface area contributed by atoms with Crippen LogP contribution >= 0.6 is 0 Å². The molecule has 0 fully saturated rings. The molecule has 0 saturated carbocycles. The van der Waals surface area contributed by atoms with Crippen LogP contribution in [0, 0.1) is 12.8 Å². The van der Waals surface area contributed by atoms with Crippen molar-refractivity contribution in [1.82, 2.24) is 0 Å². The quantitative estimate of drug-likeness (QED) is 0.145. The van der Waals surface area contributed by atoms with Crippen molar-refractivity contribution in [3.8, 4) is 5.75 Å². The Morgan fingerprint density at radius 3 is 2.29 bits per heavy atom. The van der Waals surface area contributed by atoms with Crippen LogP contribution in [0.3, 0.4) is 0 Å². The van der Waals surface area contributed by atoms with E-state index in [2.05, 4.69) is 10.2 Å². The van der Waals surface area contributed by atoms with Crippen molar-refractivity contribution in [3.63, 3.8) is 0 Å². The summed E-state index contributed by atoms with van der Waals surface area (Å²) in [6, 6.07) is 20.7. The molecule has 11 heteroatoms. The van der Waals surface area contributed by atoms with Gasteiger partial charge in [-0.1, -0.05) is 43.3 Å². The Hall–Kier alpha value is -4.45. The number of nitrogens with zero attached hydrogens (tertiary/aromatic N) is 2. The van der Waals surface area contributed by atoms with Crippen LogP contribution in [0.25, 0.3) is 0 Å². The number of nitrogens with two attached hydrogens (primary N) is 3. The molecule has 218 valence electrons. The summed E-state index contributed by atoms with van der Waals surface area (Å²) in [5.41, 5.74) is 2.40. The summed E-state index contributed by atoms with van der Waals surface area (Å²) in [5.74, 6) is 16.9. The van der Waals surface area contributed by atoms with Gasteiger partial charge in [0.05, 0.1) is 29.9 Å². The summed E-state index contributed by atoms with van der Waals surface area (Å²) in [4.78, 5) is 41.6. The molecule has 0 radical (unpaired) electrons. The van der Waals surface area contributed by atoms with Crippen LogP contribution in [0.4, 0.5) is 21.9 Å². The molecule has 0 saturated heterocycles. The minimum Gasteiger partial charge on any atom is -0.493 e. The smallest absolute Gasteiger partial charge is 0.357 e. The lowest BCUT2D eigenvalue weighted by molar-refractivity contribution is -0.145. The zero-order valence-corrected chi connectivity index (χ0v) is 23.8. The van der Waals surface area contributed by atoms with Crippen LogP contribution in [0.15, 0.2) is 72.8 Å². The summed E-state index contributed by atoms with van der Waals surface area (Å²) >= 11 is 0. The monoisotopic (exact) mass is 562 g/mol. The van der Waals surface area contributed by atoms with E-state index in [4.69, 9.17) is 22.3 Å². The Balaban J connectivity index is 1.59. The molecule has 0 aliphatic heterocycles. The molecule has 0 spiro atoms. The Morgan fingerprint density at radius 2 is 1.63 bits per heavy atom. The Labute approximate surface area is 240 Å². The number of nitrogens with one attached hydrogen (secondary N) is 1. The molecule has 3 aromatic carbocycles. The highest BCUT2D eigenvalue weighted by molar-refractivity contribution is 6.02. The summed E-state index contributed by atoms with van der Waals surface area (Å²) in [5, 5.41) is 5.23. The van der Waals surface area contributed by atoms with Gasteiger partial charge in [-0.25, -0.2) is 26.5 Å². The lowest BCUT2D eigenvalue weighted by Gasteiger charge is -2.27. The second-order valence-electron chi connectivity index (χ2n) is 10.5. The van der Waals surface area contributed by atoms with Crippen LogP contribution in [0.5, 0.6) is 5.75 Å². The molecule has 41 heavy (non-hydrogen) atoms. The predicted molar refractivity (Wildman–Crippen MR) is 159 cm³/mol. The lowest BCUT2D eigenvalue weighted by atomic mass is 9.93. The number of Topliss-reactive ketones (excluding diaryl/α,β-unsaturated/α-hetero) is 1. The maximum absolute atomic E-state index is 13.2. The summed E-state index contributed by atoms with van der Waals surface area (Å²) in [6.07, 6.45) is 0.311. The van der Waals surface area contributed by atoms with Gasteiger partial charge in [-0.15, -0.1) is 0 Å². The number of urea groups is 1. The van der Waals surface area contributed by atoms with Gasteiger partial charge < -0.3 is 14.9 Å². The third kappa shape index (κ3) is 8.52. The highest BCUT2D eigenvalue weighted by Crippen LogP contribution is 2.24. The molecule has 0 aliphatic carbocycles. The summed E-state index contributed by atoms with van der Waals surface area (Å²) in [6.45, 7) is 7.62. The van der Waals surface area contributed by atoms with Crippen molar-refractivity contribution >= 4 is 34.8 Å². The molecule has 11 nitrogen and oxygen atoms in total. The zero-order chi connectivity index (χ0) is 30.2. The fourth-order valence-corrected chi connectivity index (χ4v) is 4.07. The normalized spacial score (nSPS) is 11.8. The average molecular weight is 563 g/mol. The highest BCUT2D eigenvalue weighted by Gasteiger charge is 2.27. The first-order valence-corrected chi connectivity index (χ1v) is 13.1. The van der Waals surface area contributed by atoms with Gasteiger partial charge >= 0.3 is 12.0 Å². The van der Waals surface area contributed by atoms with Crippen molar-refractivity contribution in [2.45, 2.75) is 46.1 Å². The molecular formula is C30H38N6O5. The van der Waals surface area contributed by atoms with E-state index in [1.54, 1.807) is 62.4 Å². The van der Waals surface area contributed by atoms with Gasteiger partial charge in [-0.05, 0) is 62.2 Å². The molecule has 0 heterocycles. The second kappa shape index (κ2) is 13.8. The van der Waals surface area contributed by atoms with E-state index in [1.165, 1.54) is 0 Å².